The number of amides is 1. The molecule has 0 saturated carbocycles. The third kappa shape index (κ3) is 4.01. The van der Waals surface area contributed by atoms with Crippen LogP contribution in [0.15, 0.2) is 48.0 Å². The van der Waals surface area contributed by atoms with E-state index in [0.29, 0.717) is 21.3 Å². The number of halogens is 3. The highest BCUT2D eigenvalue weighted by Gasteiger charge is 2.13. The van der Waals surface area contributed by atoms with E-state index in [1.165, 1.54) is 6.08 Å². The summed E-state index contributed by atoms with van der Waals surface area (Å²) in [4.78, 5) is 12.2. The van der Waals surface area contributed by atoms with Gasteiger partial charge in [-0.2, -0.15) is 5.26 Å². The van der Waals surface area contributed by atoms with Gasteiger partial charge >= 0.3 is 0 Å². The Morgan fingerprint density at radius 2 is 1.77 bits per heavy atom. The molecule has 1 N–H and O–H groups in total. The van der Waals surface area contributed by atoms with Crippen LogP contribution >= 0.6 is 45.8 Å². The Bertz CT molecular complexity index is 777. The van der Waals surface area contributed by atoms with Crippen molar-refractivity contribution in [3.05, 3.63) is 67.2 Å². The second kappa shape index (κ2) is 7.63. The number of anilines is 1. The summed E-state index contributed by atoms with van der Waals surface area (Å²) in [5.74, 6) is -0.511. The van der Waals surface area contributed by atoms with Crippen molar-refractivity contribution in [2.45, 2.75) is 0 Å². The smallest absolute Gasteiger partial charge is 0.266 e. The number of benzene rings is 2. The maximum absolute atomic E-state index is 12.2. The normalized spacial score (nSPS) is 10.9. The van der Waals surface area contributed by atoms with Gasteiger partial charge in [0.25, 0.3) is 5.91 Å². The lowest BCUT2D eigenvalue weighted by Gasteiger charge is -2.07. The standard InChI is InChI=1S/C16H9Cl2IN2O/c17-12-4-3-5-13(18)11(12)8-10(9-20)16(22)21-15-7-2-1-6-14(15)19/h1-8H,(H,21,22). The van der Waals surface area contributed by atoms with E-state index in [1.807, 2.05) is 18.2 Å². The third-order valence-corrected chi connectivity index (χ3v) is 4.38. The molecular weight excluding hydrogens is 434 g/mol. The van der Waals surface area contributed by atoms with E-state index in [0.717, 1.165) is 3.57 Å². The van der Waals surface area contributed by atoms with Gasteiger partial charge in [0, 0.05) is 19.2 Å². The maximum atomic E-state index is 12.2. The number of carbonyl (C=O) groups is 1. The van der Waals surface area contributed by atoms with E-state index < -0.39 is 5.91 Å². The Labute approximate surface area is 151 Å². The van der Waals surface area contributed by atoms with Crippen LogP contribution in [-0.4, -0.2) is 5.91 Å². The molecule has 2 aromatic carbocycles. The molecule has 0 unspecified atom stereocenters. The molecular formula is C16H9Cl2IN2O. The Kier molecular flexibility index (Phi) is 5.83. The molecule has 2 aromatic rings. The zero-order chi connectivity index (χ0) is 16.1. The Balaban J connectivity index is 2.33. The number of nitrogens with one attached hydrogen (secondary N) is 1. The average Bonchev–Trinajstić information content (AvgIpc) is 2.49. The van der Waals surface area contributed by atoms with Crippen molar-refractivity contribution in [1.29, 1.82) is 5.26 Å². The molecule has 0 bridgehead atoms. The van der Waals surface area contributed by atoms with E-state index in [-0.39, 0.29) is 5.57 Å². The minimum atomic E-state index is -0.511. The molecule has 0 heterocycles. The first-order chi connectivity index (χ1) is 10.5. The first kappa shape index (κ1) is 16.8. The second-order valence-electron chi connectivity index (χ2n) is 4.24. The molecule has 1 amide bonds. The Morgan fingerprint density at radius 3 is 2.36 bits per heavy atom. The third-order valence-electron chi connectivity index (χ3n) is 2.78. The molecule has 0 atom stereocenters. The van der Waals surface area contributed by atoms with Crippen LogP contribution in [0.5, 0.6) is 0 Å². The Morgan fingerprint density at radius 1 is 1.14 bits per heavy atom. The van der Waals surface area contributed by atoms with Crippen molar-refractivity contribution in [3.63, 3.8) is 0 Å². The summed E-state index contributed by atoms with van der Waals surface area (Å²) >= 11 is 14.2. The summed E-state index contributed by atoms with van der Waals surface area (Å²) in [5, 5.41) is 12.7. The average molecular weight is 443 g/mol. The zero-order valence-corrected chi connectivity index (χ0v) is 14.8. The molecule has 0 fully saturated rings. The van der Waals surface area contributed by atoms with Crippen LogP contribution in [0.25, 0.3) is 6.08 Å². The lowest BCUT2D eigenvalue weighted by molar-refractivity contribution is -0.112. The fraction of sp³-hybridized carbons (Fsp3) is 0. The molecule has 0 spiro atoms. The quantitative estimate of drug-likeness (QED) is 0.406. The van der Waals surface area contributed by atoms with Crippen molar-refractivity contribution in [2.75, 3.05) is 5.32 Å². The van der Waals surface area contributed by atoms with Gasteiger partial charge < -0.3 is 5.32 Å². The van der Waals surface area contributed by atoms with Gasteiger partial charge in [0.15, 0.2) is 0 Å². The summed E-state index contributed by atoms with van der Waals surface area (Å²) in [6.07, 6.45) is 1.38. The number of rotatable bonds is 3. The number of hydrogen-bond donors (Lipinski definition) is 1. The van der Waals surface area contributed by atoms with Gasteiger partial charge in [0.1, 0.15) is 11.6 Å². The fourth-order valence-corrected chi connectivity index (χ4v) is 2.72. The topological polar surface area (TPSA) is 52.9 Å². The van der Waals surface area contributed by atoms with E-state index in [1.54, 1.807) is 30.3 Å². The van der Waals surface area contributed by atoms with Crippen LogP contribution < -0.4 is 5.32 Å². The molecule has 2 rings (SSSR count). The van der Waals surface area contributed by atoms with Crippen molar-refractivity contribution in [3.8, 4) is 6.07 Å². The van der Waals surface area contributed by atoms with E-state index in [2.05, 4.69) is 27.9 Å². The van der Waals surface area contributed by atoms with Crippen molar-refractivity contribution in [1.82, 2.24) is 0 Å². The Hall–Kier alpha value is -1.55. The summed E-state index contributed by atoms with van der Waals surface area (Å²) < 4.78 is 0.876. The van der Waals surface area contributed by atoms with Crippen LogP contribution in [0.4, 0.5) is 5.69 Å². The van der Waals surface area contributed by atoms with Crippen LogP contribution in [0.3, 0.4) is 0 Å². The minimum absolute atomic E-state index is 0.0744. The molecule has 0 aliphatic carbocycles. The number of carbonyl (C=O) groups excluding carboxylic acids is 1. The van der Waals surface area contributed by atoms with E-state index >= 15 is 0 Å². The van der Waals surface area contributed by atoms with Crippen LogP contribution in [0, 0.1) is 14.9 Å². The predicted molar refractivity (Wildman–Crippen MR) is 97.8 cm³/mol. The number of hydrogen-bond acceptors (Lipinski definition) is 2. The monoisotopic (exact) mass is 442 g/mol. The molecule has 0 saturated heterocycles. The first-order valence-electron chi connectivity index (χ1n) is 6.14. The second-order valence-corrected chi connectivity index (χ2v) is 6.22. The molecule has 0 aromatic heterocycles. The predicted octanol–water partition coefficient (Wildman–Crippen LogP) is 5.14. The molecule has 0 aliphatic heterocycles. The van der Waals surface area contributed by atoms with Gasteiger partial charge in [-0.25, -0.2) is 0 Å². The van der Waals surface area contributed by atoms with Crippen LogP contribution in [0.2, 0.25) is 10.0 Å². The van der Waals surface area contributed by atoms with Gasteiger partial charge in [-0.1, -0.05) is 41.4 Å². The molecule has 3 nitrogen and oxygen atoms in total. The van der Waals surface area contributed by atoms with Crippen molar-refractivity contribution < 1.29 is 4.79 Å². The molecule has 22 heavy (non-hydrogen) atoms. The zero-order valence-electron chi connectivity index (χ0n) is 11.1. The maximum Gasteiger partial charge on any atom is 0.266 e. The summed E-state index contributed by atoms with van der Waals surface area (Å²) in [7, 11) is 0. The van der Waals surface area contributed by atoms with Crippen molar-refractivity contribution >= 4 is 63.5 Å². The lowest BCUT2D eigenvalue weighted by atomic mass is 10.1. The van der Waals surface area contributed by atoms with Gasteiger partial charge in [0.2, 0.25) is 0 Å². The summed E-state index contributed by atoms with van der Waals surface area (Å²) in [6, 6.07) is 14.1. The fourth-order valence-electron chi connectivity index (χ4n) is 1.69. The van der Waals surface area contributed by atoms with Gasteiger partial charge in [-0.3, -0.25) is 4.79 Å². The van der Waals surface area contributed by atoms with Gasteiger partial charge in [0.05, 0.1) is 5.69 Å². The highest BCUT2D eigenvalue weighted by Crippen LogP contribution is 2.27. The summed E-state index contributed by atoms with van der Waals surface area (Å²) in [6.45, 7) is 0. The molecule has 0 aliphatic rings. The number of nitriles is 1. The van der Waals surface area contributed by atoms with Crippen LogP contribution in [0.1, 0.15) is 5.56 Å². The SMILES string of the molecule is N#CC(=Cc1c(Cl)cccc1Cl)C(=O)Nc1ccccc1I. The van der Waals surface area contributed by atoms with Gasteiger partial charge in [-0.05, 0) is 52.9 Å². The van der Waals surface area contributed by atoms with Crippen molar-refractivity contribution in [2.24, 2.45) is 0 Å². The summed E-state index contributed by atoms with van der Waals surface area (Å²) in [5.41, 5.74) is 1.01. The van der Waals surface area contributed by atoms with Gasteiger partial charge in [-0.15, -0.1) is 0 Å². The minimum Gasteiger partial charge on any atom is -0.320 e. The molecule has 6 heteroatoms. The number of nitrogens with zero attached hydrogens (tertiary/aromatic N) is 1. The van der Waals surface area contributed by atoms with Crippen LogP contribution in [-0.2, 0) is 4.79 Å². The highest BCUT2D eigenvalue weighted by atomic mass is 127. The molecule has 110 valence electrons. The first-order valence-corrected chi connectivity index (χ1v) is 7.98. The number of para-hydroxylation sites is 1. The largest absolute Gasteiger partial charge is 0.320 e. The lowest BCUT2D eigenvalue weighted by Crippen LogP contribution is -2.14. The molecule has 0 radical (unpaired) electrons. The van der Waals surface area contributed by atoms with E-state index in [4.69, 9.17) is 23.2 Å². The van der Waals surface area contributed by atoms with E-state index in [9.17, 15) is 10.1 Å². The highest BCUT2D eigenvalue weighted by molar-refractivity contribution is 14.1.